The molecule has 4 heteroatoms. The molecule has 66 valence electrons. The predicted octanol–water partition coefficient (Wildman–Crippen LogP) is 0.782. The molecule has 0 bridgehead atoms. The zero-order valence-electron chi connectivity index (χ0n) is 6.75. The molecule has 0 saturated heterocycles. The van der Waals surface area contributed by atoms with E-state index in [9.17, 15) is 9.18 Å². The first-order valence-electron chi connectivity index (χ1n) is 3.57. The molecule has 2 atom stereocenters. The van der Waals surface area contributed by atoms with Gasteiger partial charge in [0.05, 0.1) is 0 Å². The second kappa shape index (κ2) is 4.28. The van der Waals surface area contributed by atoms with Gasteiger partial charge < -0.3 is 10.8 Å². The quantitative estimate of drug-likeness (QED) is 0.643. The Kier molecular flexibility index (Phi) is 4.03. The number of rotatable bonds is 4. The molecule has 0 fully saturated rings. The van der Waals surface area contributed by atoms with E-state index in [1.165, 1.54) is 0 Å². The summed E-state index contributed by atoms with van der Waals surface area (Å²) in [5.41, 5.74) is 5.12. The van der Waals surface area contributed by atoms with Gasteiger partial charge in [0.15, 0.2) is 0 Å². The maximum Gasteiger partial charge on any atom is 0.320 e. The van der Waals surface area contributed by atoms with Crippen molar-refractivity contribution in [3.63, 3.8) is 0 Å². The average Bonchev–Trinajstić information content (AvgIpc) is 1.87. The van der Waals surface area contributed by atoms with E-state index < -0.39 is 18.2 Å². The first-order chi connectivity index (χ1) is 4.95. The highest BCUT2D eigenvalue weighted by Crippen LogP contribution is 2.11. The van der Waals surface area contributed by atoms with Gasteiger partial charge >= 0.3 is 5.97 Å². The van der Waals surface area contributed by atoms with Gasteiger partial charge in [-0.1, -0.05) is 13.8 Å². The Morgan fingerprint density at radius 1 is 1.64 bits per heavy atom. The summed E-state index contributed by atoms with van der Waals surface area (Å²) in [7, 11) is 0. The largest absolute Gasteiger partial charge is 0.480 e. The monoisotopic (exact) mass is 163 g/mol. The topological polar surface area (TPSA) is 63.3 Å². The summed E-state index contributed by atoms with van der Waals surface area (Å²) in [6.45, 7) is 3.39. The van der Waals surface area contributed by atoms with Crippen LogP contribution in [0.15, 0.2) is 0 Å². The van der Waals surface area contributed by atoms with Crippen molar-refractivity contribution >= 4 is 5.97 Å². The highest BCUT2D eigenvalue weighted by atomic mass is 19.1. The third kappa shape index (κ3) is 3.93. The molecule has 11 heavy (non-hydrogen) atoms. The standard InChI is InChI=1S/C7H14FNO2/c1-4(2)5(8)3-6(9)7(10)11/h4-6H,3,9H2,1-2H3,(H,10,11). The smallest absolute Gasteiger partial charge is 0.320 e. The van der Waals surface area contributed by atoms with E-state index in [1.807, 2.05) is 0 Å². The van der Waals surface area contributed by atoms with Crippen molar-refractivity contribution in [1.82, 2.24) is 0 Å². The molecule has 3 N–H and O–H groups in total. The highest BCUT2D eigenvalue weighted by Gasteiger charge is 2.20. The second-order valence-corrected chi connectivity index (χ2v) is 2.94. The van der Waals surface area contributed by atoms with Crippen LogP contribution in [-0.4, -0.2) is 23.3 Å². The summed E-state index contributed by atoms with van der Waals surface area (Å²) in [5.74, 6) is -1.31. The van der Waals surface area contributed by atoms with Crippen LogP contribution < -0.4 is 5.73 Å². The van der Waals surface area contributed by atoms with Gasteiger partial charge in [-0.25, -0.2) is 4.39 Å². The molecule has 0 amide bonds. The summed E-state index contributed by atoms with van der Waals surface area (Å²) in [6, 6.07) is -1.08. The van der Waals surface area contributed by atoms with Gasteiger partial charge in [0, 0.05) is 6.42 Å². The maximum absolute atomic E-state index is 12.8. The van der Waals surface area contributed by atoms with Crippen molar-refractivity contribution in [2.75, 3.05) is 0 Å². The number of halogens is 1. The van der Waals surface area contributed by atoms with Crippen LogP contribution in [0, 0.1) is 5.92 Å². The lowest BCUT2D eigenvalue weighted by molar-refractivity contribution is -0.139. The molecule has 0 aliphatic rings. The highest BCUT2D eigenvalue weighted by molar-refractivity contribution is 5.73. The van der Waals surface area contributed by atoms with Crippen molar-refractivity contribution < 1.29 is 14.3 Å². The molecule has 0 radical (unpaired) electrons. The summed E-state index contributed by atoms with van der Waals surface area (Å²) >= 11 is 0. The van der Waals surface area contributed by atoms with Gasteiger partial charge in [0.1, 0.15) is 12.2 Å². The minimum Gasteiger partial charge on any atom is -0.480 e. The number of hydrogen-bond donors (Lipinski definition) is 2. The summed E-state index contributed by atoms with van der Waals surface area (Å²) in [4.78, 5) is 10.2. The van der Waals surface area contributed by atoms with Gasteiger partial charge in [-0.2, -0.15) is 0 Å². The SMILES string of the molecule is CC(C)C(F)CC(N)C(=O)O. The Balaban J connectivity index is 3.75. The van der Waals surface area contributed by atoms with Crippen LogP contribution in [0.1, 0.15) is 20.3 Å². The van der Waals surface area contributed by atoms with Gasteiger partial charge in [0.25, 0.3) is 0 Å². The number of nitrogens with two attached hydrogens (primary N) is 1. The van der Waals surface area contributed by atoms with Gasteiger partial charge in [-0.3, -0.25) is 4.79 Å². The molecule has 0 heterocycles. The lowest BCUT2D eigenvalue weighted by Crippen LogP contribution is -2.34. The van der Waals surface area contributed by atoms with Crippen LogP contribution in [0.4, 0.5) is 4.39 Å². The van der Waals surface area contributed by atoms with E-state index in [2.05, 4.69) is 0 Å². The Labute approximate surface area is 65.4 Å². The first-order valence-corrected chi connectivity index (χ1v) is 3.57. The van der Waals surface area contributed by atoms with E-state index in [-0.39, 0.29) is 12.3 Å². The van der Waals surface area contributed by atoms with E-state index in [1.54, 1.807) is 13.8 Å². The minimum atomic E-state index is -1.15. The number of aliphatic carboxylic acids is 1. The van der Waals surface area contributed by atoms with Crippen molar-refractivity contribution in [3.8, 4) is 0 Å². The van der Waals surface area contributed by atoms with E-state index in [4.69, 9.17) is 10.8 Å². The van der Waals surface area contributed by atoms with Crippen molar-refractivity contribution in [3.05, 3.63) is 0 Å². The van der Waals surface area contributed by atoms with Crippen molar-refractivity contribution in [2.45, 2.75) is 32.5 Å². The zero-order valence-corrected chi connectivity index (χ0v) is 6.75. The summed E-state index contributed by atoms with van der Waals surface area (Å²) in [6.07, 6.45) is -1.23. The fourth-order valence-corrected chi connectivity index (χ4v) is 0.616. The second-order valence-electron chi connectivity index (χ2n) is 2.94. The Morgan fingerprint density at radius 3 is 2.36 bits per heavy atom. The van der Waals surface area contributed by atoms with Crippen LogP contribution in [0.5, 0.6) is 0 Å². The Bertz CT molecular complexity index is 138. The molecule has 0 aliphatic heterocycles. The third-order valence-electron chi connectivity index (χ3n) is 1.52. The molecule has 2 unspecified atom stereocenters. The molecule has 0 aromatic heterocycles. The van der Waals surface area contributed by atoms with Gasteiger partial charge in [0.2, 0.25) is 0 Å². The average molecular weight is 163 g/mol. The fraction of sp³-hybridized carbons (Fsp3) is 0.857. The number of carboxylic acids is 1. The molecular formula is C7H14FNO2. The maximum atomic E-state index is 12.8. The van der Waals surface area contributed by atoms with Gasteiger partial charge in [-0.05, 0) is 5.92 Å². The van der Waals surface area contributed by atoms with E-state index in [0.29, 0.717) is 0 Å². The number of carbonyl (C=O) groups is 1. The molecule has 0 aromatic carbocycles. The first kappa shape index (κ1) is 10.4. The molecule has 0 aliphatic carbocycles. The lowest BCUT2D eigenvalue weighted by atomic mass is 10.0. The van der Waals surface area contributed by atoms with E-state index in [0.717, 1.165) is 0 Å². The molecule has 0 aromatic rings. The van der Waals surface area contributed by atoms with Crippen molar-refractivity contribution in [2.24, 2.45) is 11.7 Å². The lowest BCUT2D eigenvalue weighted by Gasteiger charge is -2.13. The number of alkyl halides is 1. The fourth-order valence-electron chi connectivity index (χ4n) is 0.616. The molecule has 0 saturated carbocycles. The number of hydrogen-bond acceptors (Lipinski definition) is 2. The molecule has 0 rings (SSSR count). The number of carboxylic acid groups (broad SMARTS) is 1. The zero-order chi connectivity index (χ0) is 9.02. The van der Waals surface area contributed by atoms with Gasteiger partial charge in [-0.15, -0.1) is 0 Å². The Morgan fingerprint density at radius 2 is 2.09 bits per heavy atom. The molecule has 0 spiro atoms. The predicted molar refractivity (Wildman–Crippen MR) is 40.0 cm³/mol. The van der Waals surface area contributed by atoms with Crippen LogP contribution in [0.3, 0.4) is 0 Å². The summed E-state index contributed by atoms with van der Waals surface area (Å²) < 4.78 is 12.8. The van der Waals surface area contributed by atoms with Crippen LogP contribution in [0.25, 0.3) is 0 Å². The Hall–Kier alpha value is -0.640. The van der Waals surface area contributed by atoms with E-state index >= 15 is 0 Å². The molecule has 3 nitrogen and oxygen atoms in total. The minimum absolute atomic E-state index is 0.104. The van der Waals surface area contributed by atoms with Crippen LogP contribution >= 0.6 is 0 Å². The molecular weight excluding hydrogens is 149 g/mol. The normalized spacial score (nSPS) is 16.5. The summed E-state index contributed by atoms with van der Waals surface area (Å²) in [5, 5.41) is 8.32. The van der Waals surface area contributed by atoms with Crippen molar-refractivity contribution in [1.29, 1.82) is 0 Å². The van der Waals surface area contributed by atoms with Crippen LogP contribution in [0.2, 0.25) is 0 Å². The third-order valence-corrected chi connectivity index (χ3v) is 1.52. The van der Waals surface area contributed by atoms with Crippen LogP contribution in [-0.2, 0) is 4.79 Å².